The van der Waals surface area contributed by atoms with Gasteiger partial charge in [0, 0.05) is 11.8 Å². The Kier molecular flexibility index (Phi) is 4.05. The maximum absolute atomic E-state index is 11.6. The zero-order valence-electron chi connectivity index (χ0n) is 14.2. The SMILES string of the molecule is Cc1ccc(-c2c(C)c(C)nn2-c2ccc(S(C)(=O)=O)cc2)cc1. The number of aromatic nitrogens is 2. The Morgan fingerprint density at radius 2 is 1.46 bits per heavy atom. The van der Waals surface area contributed by atoms with Crippen molar-refractivity contribution in [3.63, 3.8) is 0 Å². The van der Waals surface area contributed by atoms with Crippen LogP contribution in [0.5, 0.6) is 0 Å². The number of sulfone groups is 1. The highest BCUT2D eigenvalue weighted by molar-refractivity contribution is 7.90. The molecule has 0 unspecified atom stereocenters. The van der Waals surface area contributed by atoms with E-state index in [0.717, 1.165) is 28.2 Å². The summed E-state index contributed by atoms with van der Waals surface area (Å²) in [6.45, 7) is 6.09. The van der Waals surface area contributed by atoms with Crippen molar-refractivity contribution in [1.29, 1.82) is 0 Å². The van der Waals surface area contributed by atoms with Crippen LogP contribution in [-0.2, 0) is 9.84 Å². The van der Waals surface area contributed by atoms with Crippen LogP contribution in [0.15, 0.2) is 53.4 Å². The van der Waals surface area contributed by atoms with Crippen LogP contribution in [0, 0.1) is 20.8 Å². The molecule has 4 nitrogen and oxygen atoms in total. The minimum absolute atomic E-state index is 0.309. The third kappa shape index (κ3) is 2.99. The highest BCUT2D eigenvalue weighted by Crippen LogP contribution is 2.29. The van der Waals surface area contributed by atoms with Gasteiger partial charge in [-0.3, -0.25) is 0 Å². The van der Waals surface area contributed by atoms with E-state index in [1.165, 1.54) is 11.8 Å². The Bertz CT molecular complexity index is 983. The van der Waals surface area contributed by atoms with Crippen molar-refractivity contribution in [1.82, 2.24) is 9.78 Å². The first kappa shape index (κ1) is 16.5. The molecule has 0 bridgehead atoms. The van der Waals surface area contributed by atoms with E-state index in [1.807, 2.05) is 11.6 Å². The monoisotopic (exact) mass is 340 g/mol. The van der Waals surface area contributed by atoms with Crippen LogP contribution in [0.25, 0.3) is 16.9 Å². The summed E-state index contributed by atoms with van der Waals surface area (Å²) in [6, 6.07) is 15.1. The van der Waals surface area contributed by atoms with E-state index in [-0.39, 0.29) is 0 Å². The van der Waals surface area contributed by atoms with Crippen molar-refractivity contribution in [2.75, 3.05) is 6.26 Å². The molecule has 0 saturated carbocycles. The fraction of sp³-hybridized carbons (Fsp3) is 0.211. The van der Waals surface area contributed by atoms with E-state index in [0.29, 0.717) is 4.90 Å². The van der Waals surface area contributed by atoms with Gasteiger partial charge in [0.25, 0.3) is 0 Å². The number of hydrogen-bond acceptors (Lipinski definition) is 3. The van der Waals surface area contributed by atoms with Crippen molar-refractivity contribution >= 4 is 9.84 Å². The minimum atomic E-state index is -3.20. The third-order valence-corrected chi connectivity index (χ3v) is 5.32. The second-order valence-corrected chi connectivity index (χ2v) is 8.12. The second-order valence-electron chi connectivity index (χ2n) is 6.10. The molecule has 2 aromatic carbocycles. The average molecular weight is 340 g/mol. The Morgan fingerprint density at radius 3 is 2.00 bits per heavy atom. The first-order chi connectivity index (χ1) is 11.3. The molecule has 0 amide bonds. The molecule has 1 aromatic heterocycles. The summed E-state index contributed by atoms with van der Waals surface area (Å²) >= 11 is 0. The predicted molar refractivity (Wildman–Crippen MR) is 96.3 cm³/mol. The van der Waals surface area contributed by atoms with Crippen molar-refractivity contribution in [3.8, 4) is 16.9 Å². The van der Waals surface area contributed by atoms with E-state index in [2.05, 4.69) is 43.2 Å². The largest absolute Gasteiger partial charge is 0.233 e. The molecule has 0 aliphatic rings. The van der Waals surface area contributed by atoms with Gasteiger partial charge in [0.05, 0.1) is 22.0 Å². The highest BCUT2D eigenvalue weighted by atomic mass is 32.2. The number of benzene rings is 2. The first-order valence-corrected chi connectivity index (χ1v) is 9.60. The van der Waals surface area contributed by atoms with Crippen LogP contribution in [0.1, 0.15) is 16.8 Å². The molecule has 124 valence electrons. The smallest absolute Gasteiger partial charge is 0.175 e. The highest BCUT2D eigenvalue weighted by Gasteiger charge is 2.15. The van der Waals surface area contributed by atoms with Crippen LogP contribution in [0.2, 0.25) is 0 Å². The first-order valence-electron chi connectivity index (χ1n) is 7.71. The number of rotatable bonds is 3. The van der Waals surface area contributed by atoms with Gasteiger partial charge in [-0.1, -0.05) is 29.8 Å². The number of aryl methyl sites for hydroxylation is 2. The Hall–Kier alpha value is -2.40. The molecule has 5 heteroatoms. The van der Waals surface area contributed by atoms with E-state index in [9.17, 15) is 8.42 Å². The lowest BCUT2D eigenvalue weighted by molar-refractivity contribution is 0.602. The van der Waals surface area contributed by atoms with Crippen LogP contribution in [-0.4, -0.2) is 24.5 Å². The van der Waals surface area contributed by atoms with Crippen molar-refractivity contribution < 1.29 is 8.42 Å². The van der Waals surface area contributed by atoms with E-state index in [4.69, 9.17) is 0 Å². The van der Waals surface area contributed by atoms with Gasteiger partial charge in [-0.2, -0.15) is 5.10 Å². The van der Waals surface area contributed by atoms with E-state index in [1.54, 1.807) is 24.3 Å². The van der Waals surface area contributed by atoms with Gasteiger partial charge < -0.3 is 0 Å². The summed E-state index contributed by atoms with van der Waals surface area (Å²) in [5.41, 5.74) is 6.24. The van der Waals surface area contributed by atoms with Crippen molar-refractivity contribution in [3.05, 3.63) is 65.4 Å². The third-order valence-electron chi connectivity index (χ3n) is 4.19. The Balaban J connectivity index is 2.15. The Morgan fingerprint density at radius 1 is 0.875 bits per heavy atom. The van der Waals surface area contributed by atoms with Crippen LogP contribution in [0.4, 0.5) is 0 Å². The average Bonchev–Trinajstić information content (AvgIpc) is 2.83. The molecule has 0 spiro atoms. The molecule has 0 aliphatic carbocycles. The molecule has 3 aromatic rings. The number of nitrogens with zero attached hydrogens (tertiary/aromatic N) is 2. The normalized spacial score (nSPS) is 11.7. The summed E-state index contributed by atoms with van der Waals surface area (Å²) in [6.07, 6.45) is 1.21. The van der Waals surface area contributed by atoms with Crippen molar-refractivity contribution in [2.45, 2.75) is 25.7 Å². The van der Waals surface area contributed by atoms with Gasteiger partial charge in [-0.15, -0.1) is 0 Å². The fourth-order valence-corrected chi connectivity index (χ4v) is 3.31. The summed E-state index contributed by atoms with van der Waals surface area (Å²) in [4.78, 5) is 0.309. The van der Waals surface area contributed by atoms with Gasteiger partial charge in [0.15, 0.2) is 9.84 Å². The van der Waals surface area contributed by atoms with Gasteiger partial charge in [-0.05, 0) is 50.6 Å². The van der Waals surface area contributed by atoms with Crippen LogP contribution in [0.3, 0.4) is 0 Å². The predicted octanol–water partition coefficient (Wildman–Crippen LogP) is 3.87. The quantitative estimate of drug-likeness (QED) is 0.727. The molecule has 0 radical (unpaired) electrons. The summed E-state index contributed by atoms with van der Waals surface area (Å²) in [7, 11) is -3.20. The fourth-order valence-electron chi connectivity index (χ4n) is 2.68. The maximum atomic E-state index is 11.6. The van der Waals surface area contributed by atoms with Crippen LogP contribution >= 0.6 is 0 Å². The summed E-state index contributed by atoms with van der Waals surface area (Å²) in [5.74, 6) is 0. The molecular weight excluding hydrogens is 320 g/mol. The maximum Gasteiger partial charge on any atom is 0.175 e. The van der Waals surface area contributed by atoms with Crippen molar-refractivity contribution in [2.24, 2.45) is 0 Å². The lowest BCUT2D eigenvalue weighted by atomic mass is 10.1. The zero-order chi connectivity index (χ0) is 17.5. The summed E-state index contributed by atoms with van der Waals surface area (Å²) < 4.78 is 25.1. The molecular formula is C19H20N2O2S. The second kappa shape index (κ2) is 5.91. The van der Waals surface area contributed by atoms with Crippen LogP contribution < -0.4 is 0 Å². The lowest BCUT2D eigenvalue weighted by Gasteiger charge is -2.10. The van der Waals surface area contributed by atoms with E-state index < -0.39 is 9.84 Å². The molecule has 0 N–H and O–H groups in total. The molecule has 0 atom stereocenters. The molecule has 0 fully saturated rings. The standard InChI is InChI=1S/C19H20N2O2S/c1-13-5-7-16(8-6-13)19-14(2)15(3)20-21(19)17-9-11-18(12-10-17)24(4,22)23/h5-12H,1-4H3. The van der Waals surface area contributed by atoms with Gasteiger partial charge in [0.2, 0.25) is 0 Å². The summed E-state index contributed by atoms with van der Waals surface area (Å²) in [5, 5.41) is 4.64. The topological polar surface area (TPSA) is 52.0 Å². The van der Waals surface area contributed by atoms with E-state index >= 15 is 0 Å². The molecule has 24 heavy (non-hydrogen) atoms. The van der Waals surface area contributed by atoms with Gasteiger partial charge in [-0.25, -0.2) is 13.1 Å². The Labute approximate surface area is 142 Å². The molecule has 3 rings (SSSR count). The zero-order valence-corrected chi connectivity index (χ0v) is 15.1. The molecule has 1 heterocycles. The number of hydrogen-bond donors (Lipinski definition) is 0. The van der Waals surface area contributed by atoms with Gasteiger partial charge >= 0.3 is 0 Å². The lowest BCUT2D eigenvalue weighted by Crippen LogP contribution is -2.02. The minimum Gasteiger partial charge on any atom is -0.233 e. The van der Waals surface area contributed by atoms with Gasteiger partial charge in [0.1, 0.15) is 0 Å². The molecule has 0 aliphatic heterocycles. The molecule has 0 saturated heterocycles.